The Kier molecular flexibility index (Phi) is 7.38. The van der Waals surface area contributed by atoms with E-state index in [1.165, 1.54) is 31.2 Å². The molecule has 168 valence electrons. The standard InChI is InChI=1S/C25H36N4O2/c1-24(2,23(27)31)13-12-22(30)28-25(18-26)14-16-29(17-15-25)21-11-7-6-10-20(21)19-8-4-3-5-9-19/h3-5,8-9,20-21H,6-7,10-17H2,1-2H3,(H2,27,31)(H,28,30). The van der Waals surface area contributed by atoms with Gasteiger partial charge >= 0.3 is 0 Å². The van der Waals surface area contributed by atoms with Crippen molar-refractivity contribution in [2.75, 3.05) is 13.1 Å². The van der Waals surface area contributed by atoms with Gasteiger partial charge in [0.1, 0.15) is 5.54 Å². The topological polar surface area (TPSA) is 99.2 Å². The maximum Gasteiger partial charge on any atom is 0.223 e. The molecular formula is C25H36N4O2. The van der Waals surface area contributed by atoms with Crippen molar-refractivity contribution >= 4 is 11.8 Å². The molecule has 0 radical (unpaired) electrons. The van der Waals surface area contributed by atoms with Gasteiger partial charge in [0.2, 0.25) is 11.8 Å². The molecule has 1 saturated heterocycles. The SMILES string of the molecule is CC(C)(CCC(=O)NC1(C#N)CCN(C2CCCCC2c2ccccc2)CC1)C(N)=O. The zero-order valence-electron chi connectivity index (χ0n) is 18.9. The van der Waals surface area contributed by atoms with Gasteiger partial charge in [-0.25, -0.2) is 0 Å². The monoisotopic (exact) mass is 424 g/mol. The van der Waals surface area contributed by atoms with Crippen molar-refractivity contribution < 1.29 is 9.59 Å². The first-order valence-corrected chi connectivity index (χ1v) is 11.6. The molecular weight excluding hydrogens is 388 g/mol. The summed E-state index contributed by atoms with van der Waals surface area (Å²) in [5, 5.41) is 12.9. The summed E-state index contributed by atoms with van der Waals surface area (Å²) in [6, 6.07) is 13.7. The van der Waals surface area contributed by atoms with E-state index in [2.05, 4.69) is 46.6 Å². The normalized spacial score (nSPS) is 24.2. The van der Waals surface area contributed by atoms with Crippen LogP contribution in [0.2, 0.25) is 0 Å². The third-order valence-corrected chi connectivity index (χ3v) is 7.31. The number of nitriles is 1. The molecule has 1 aromatic rings. The second-order valence-corrected chi connectivity index (χ2v) is 9.90. The van der Waals surface area contributed by atoms with Crippen LogP contribution < -0.4 is 11.1 Å². The van der Waals surface area contributed by atoms with Crippen LogP contribution in [0.25, 0.3) is 0 Å². The summed E-state index contributed by atoms with van der Waals surface area (Å²) in [7, 11) is 0. The van der Waals surface area contributed by atoms with Gasteiger partial charge in [-0.05, 0) is 43.6 Å². The lowest BCUT2D eigenvalue weighted by atomic mass is 9.77. The molecule has 6 heteroatoms. The molecule has 2 fully saturated rings. The van der Waals surface area contributed by atoms with E-state index in [-0.39, 0.29) is 12.3 Å². The molecule has 2 amide bonds. The molecule has 31 heavy (non-hydrogen) atoms. The lowest BCUT2D eigenvalue weighted by molar-refractivity contribution is -0.127. The van der Waals surface area contributed by atoms with Crippen LogP contribution in [-0.2, 0) is 9.59 Å². The molecule has 3 rings (SSSR count). The molecule has 0 aromatic heterocycles. The number of carbonyl (C=O) groups is 2. The number of likely N-dealkylation sites (tertiary alicyclic amines) is 1. The lowest BCUT2D eigenvalue weighted by Gasteiger charge is -2.45. The van der Waals surface area contributed by atoms with Crippen molar-refractivity contribution in [3.05, 3.63) is 35.9 Å². The Morgan fingerprint density at radius 1 is 1.19 bits per heavy atom. The molecule has 2 aliphatic rings. The molecule has 2 unspecified atom stereocenters. The minimum absolute atomic E-state index is 0.177. The number of carbonyl (C=O) groups excluding carboxylic acids is 2. The number of primary amides is 1. The first-order valence-electron chi connectivity index (χ1n) is 11.6. The number of rotatable bonds is 7. The summed E-state index contributed by atoms with van der Waals surface area (Å²) < 4.78 is 0. The summed E-state index contributed by atoms with van der Waals surface area (Å²) in [6.07, 6.45) is 6.75. The van der Waals surface area contributed by atoms with Crippen molar-refractivity contribution in [2.24, 2.45) is 11.1 Å². The van der Waals surface area contributed by atoms with E-state index in [0.29, 0.717) is 31.2 Å². The summed E-state index contributed by atoms with van der Waals surface area (Å²) in [6.45, 7) is 5.12. The van der Waals surface area contributed by atoms with Crippen LogP contribution in [0, 0.1) is 16.7 Å². The molecule has 2 atom stereocenters. The van der Waals surface area contributed by atoms with E-state index in [1.54, 1.807) is 13.8 Å². The first kappa shape index (κ1) is 23.3. The number of piperidine rings is 1. The Bertz CT molecular complexity index is 807. The van der Waals surface area contributed by atoms with E-state index < -0.39 is 16.9 Å². The highest BCUT2D eigenvalue weighted by molar-refractivity contribution is 5.82. The van der Waals surface area contributed by atoms with Gasteiger partial charge < -0.3 is 11.1 Å². The number of nitrogens with two attached hydrogens (primary N) is 1. The van der Waals surface area contributed by atoms with Crippen LogP contribution in [0.1, 0.15) is 76.7 Å². The fourth-order valence-electron chi connectivity index (χ4n) is 5.02. The van der Waals surface area contributed by atoms with Gasteiger partial charge in [0.25, 0.3) is 0 Å². The number of hydrogen-bond donors (Lipinski definition) is 2. The van der Waals surface area contributed by atoms with Gasteiger partial charge in [0.05, 0.1) is 6.07 Å². The first-order chi connectivity index (χ1) is 14.8. The van der Waals surface area contributed by atoms with Crippen LogP contribution in [0.4, 0.5) is 0 Å². The molecule has 1 aliphatic carbocycles. The van der Waals surface area contributed by atoms with Crippen LogP contribution in [-0.4, -0.2) is 41.4 Å². The molecule has 3 N–H and O–H groups in total. The second-order valence-electron chi connectivity index (χ2n) is 9.90. The fourth-order valence-corrected chi connectivity index (χ4v) is 5.02. The van der Waals surface area contributed by atoms with Gasteiger partial charge in [-0.15, -0.1) is 0 Å². The van der Waals surface area contributed by atoms with Crippen molar-refractivity contribution in [1.82, 2.24) is 10.2 Å². The minimum atomic E-state index is -0.818. The number of hydrogen-bond acceptors (Lipinski definition) is 4. The Hall–Kier alpha value is -2.39. The van der Waals surface area contributed by atoms with Crippen LogP contribution in [0.15, 0.2) is 30.3 Å². The maximum absolute atomic E-state index is 12.5. The maximum atomic E-state index is 12.5. The van der Waals surface area contributed by atoms with Gasteiger partial charge in [0, 0.05) is 31.0 Å². The molecule has 1 heterocycles. The van der Waals surface area contributed by atoms with Gasteiger partial charge in [-0.3, -0.25) is 14.5 Å². The van der Waals surface area contributed by atoms with E-state index in [0.717, 1.165) is 13.1 Å². The average Bonchev–Trinajstić information content (AvgIpc) is 2.79. The lowest BCUT2D eigenvalue weighted by Crippen LogP contribution is -2.57. The van der Waals surface area contributed by atoms with Gasteiger partial charge in [-0.2, -0.15) is 5.26 Å². The average molecular weight is 425 g/mol. The van der Waals surface area contributed by atoms with Crippen LogP contribution >= 0.6 is 0 Å². The Balaban J connectivity index is 1.59. The summed E-state index contributed by atoms with van der Waals surface area (Å²) >= 11 is 0. The Morgan fingerprint density at radius 3 is 2.45 bits per heavy atom. The molecule has 1 saturated carbocycles. The van der Waals surface area contributed by atoms with E-state index in [9.17, 15) is 14.9 Å². The van der Waals surface area contributed by atoms with Crippen LogP contribution in [0.5, 0.6) is 0 Å². The third-order valence-electron chi connectivity index (χ3n) is 7.31. The fraction of sp³-hybridized carbons (Fsp3) is 0.640. The second kappa shape index (κ2) is 9.82. The number of nitrogens with zero attached hydrogens (tertiary/aromatic N) is 2. The van der Waals surface area contributed by atoms with Crippen molar-refractivity contribution in [1.29, 1.82) is 5.26 Å². The molecule has 1 aliphatic heterocycles. The molecule has 0 bridgehead atoms. The van der Waals surface area contributed by atoms with Crippen LogP contribution in [0.3, 0.4) is 0 Å². The quantitative estimate of drug-likeness (QED) is 0.700. The van der Waals surface area contributed by atoms with Crippen molar-refractivity contribution in [2.45, 2.75) is 82.7 Å². The predicted molar refractivity (Wildman–Crippen MR) is 121 cm³/mol. The Labute approximate surface area is 186 Å². The minimum Gasteiger partial charge on any atom is -0.369 e. The number of amides is 2. The zero-order chi connectivity index (χ0) is 22.5. The molecule has 6 nitrogen and oxygen atoms in total. The highest BCUT2D eigenvalue weighted by Gasteiger charge is 2.40. The summed E-state index contributed by atoms with van der Waals surface area (Å²) in [5.74, 6) is -0.0524. The highest BCUT2D eigenvalue weighted by Crippen LogP contribution is 2.38. The smallest absolute Gasteiger partial charge is 0.223 e. The number of benzene rings is 1. The third kappa shape index (κ3) is 5.65. The van der Waals surface area contributed by atoms with E-state index >= 15 is 0 Å². The van der Waals surface area contributed by atoms with Gasteiger partial charge in [0.15, 0.2) is 0 Å². The highest BCUT2D eigenvalue weighted by atomic mass is 16.2. The van der Waals surface area contributed by atoms with Crippen molar-refractivity contribution in [3.8, 4) is 6.07 Å². The summed E-state index contributed by atoms with van der Waals surface area (Å²) in [5.41, 5.74) is 5.27. The summed E-state index contributed by atoms with van der Waals surface area (Å²) in [4.78, 5) is 26.6. The zero-order valence-corrected chi connectivity index (χ0v) is 18.9. The molecule has 0 spiro atoms. The van der Waals surface area contributed by atoms with Crippen molar-refractivity contribution in [3.63, 3.8) is 0 Å². The molecule has 1 aromatic carbocycles. The Morgan fingerprint density at radius 2 is 1.84 bits per heavy atom. The predicted octanol–water partition coefficient (Wildman–Crippen LogP) is 3.48. The largest absolute Gasteiger partial charge is 0.369 e. The van der Waals surface area contributed by atoms with E-state index in [4.69, 9.17) is 5.73 Å². The van der Waals surface area contributed by atoms with E-state index in [1.807, 2.05) is 0 Å². The van der Waals surface area contributed by atoms with Gasteiger partial charge in [-0.1, -0.05) is 57.0 Å². The number of nitrogens with one attached hydrogen (secondary N) is 1.